The number of rotatable bonds is 8. The zero-order valence-electron chi connectivity index (χ0n) is 16.7. The highest BCUT2D eigenvalue weighted by atomic mass is 32.2. The number of carbonyl (C=O) groups excluding carboxylic acids is 1. The van der Waals surface area contributed by atoms with Crippen molar-refractivity contribution in [2.45, 2.75) is 49.1 Å². The second kappa shape index (κ2) is 8.78. The van der Waals surface area contributed by atoms with Gasteiger partial charge in [0.2, 0.25) is 5.91 Å². The van der Waals surface area contributed by atoms with Gasteiger partial charge in [0.15, 0.2) is 11.0 Å². The molecule has 0 saturated heterocycles. The molecule has 1 aliphatic carbocycles. The van der Waals surface area contributed by atoms with Crippen LogP contribution in [0.1, 0.15) is 44.2 Å². The van der Waals surface area contributed by atoms with E-state index in [1.54, 1.807) is 12.4 Å². The molecule has 29 heavy (non-hydrogen) atoms. The Kier molecular flexibility index (Phi) is 5.94. The maximum atomic E-state index is 12.7. The van der Waals surface area contributed by atoms with Gasteiger partial charge in [0.1, 0.15) is 0 Å². The number of nitrogens with one attached hydrogen (secondary N) is 1. The molecule has 0 bridgehead atoms. The van der Waals surface area contributed by atoms with Crippen molar-refractivity contribution in [3.63, 3.8) is 0 Å². The van der Waals surface area contributed by atoms with Gasteiger partial charge in [-0.2, -0.15) is 0 Å². The minimum absolute atomic E-state index is 0.0195. The first kappa shape index (κ1) is 19.6. The van der Waals surface area contributed by atoms with Crippen LogP contribution in [0.5, 0.6) is 0 Å². The average molecular weight is 408 g/mol. The summed E-state index contributed by atoms with van der Waals surface area (Å²) in [5.41, 5.74) is 2.18. The lowest BCUT2D eigenvalue weighted by Crippen LogP contribution is -2.33. The van der Waals surface area contributed by atoms with Gasteiger partial charge >= 0.3 is 0 Å². The molecule has 0 radical (unpaired) electrons. The largest absolute Gasteiger partial charge is 0.355 e. The van der Waals surface area contributed by atoms with E-state index in [1.165, 1.54) is 17.3 Å². The Balaban J connectivity index is 1.41. The normalized spacial score (nSPS) is 15.7. The maximum absolute atomic E-state index is 12.7. The second-order valence-electron chi connectivity index (χ2n) is 7.47. The molecule has 7 heteroatoms. The van der Waals surface area contributed by atoms with Crippen LogP contribution in [-0.4, -0.2) is 37.5 Å². The fourth-order valence-electron chi connectivity index (χ4n) is 3.22. The fraction of sp³-hybridized carbons (Fsp3) is 0.364. The molecule has 1 N–H and O–H groups in total. The van der Waals surface area contributed by atoms with Gasteiger partial charge in [-0.15, -0.1) is 10.2 Å². The molecule has 3 aromatic rings. The molecule has 6 nitrogen and oxygen atoms in total. The summed E-state index contributed by atoms with van der Waals surface area (Å²) in [6, 6.07) is 14.5. The first-order valence-corrected chi connectivity index (χ1v) is 10.9. The van der Waals surface area contributed by atoms with Crippen molar-refractivity contribution >= 4 is 17.7 Å². The fourth-order valence-corrected chi connectivity index (χ4v) is 4.16. The third-order valence-electron chi connectivity index (χ3n) is 5.10. The molecule has 1 fully saturated rings. The number of thioether (sulfide) groups is 1. The Labute approximate surface area is 175 Å². The van der Waals surface area contributed by atoms with Crippen LogP contribution in [0.3, 0.4) is 0 Å². The van der Waals surface area contributed by atoms with E-state index in [9.17, 15) is 4.79 Å². The Morgan fingerprint density at radius 1 is 1.17 bits per heavy atom. The number of benzene rings is 1. The zero-order valence-corrected chi connectivity index (χ0v) is 17.5. The molecule has 1 aliphatic rings. The molecule has 4 rings (SSSR count). The molecule has 0 aliphatic heterocycles. The van der Waals surface area contributed by atoms with Crippen molar-refractivity contribution in [3.8, 4) is 11.4 Å². The van der Waals surface area contributed by atoms with E-state index in [0.29, 0.717) is 12.6 Å². The van der Waals surface area contributed by atoms with Gasteiger partial charge in [0, 0.05) is 30.5 Å². The average Bonchev–Trinajstić information content (AvgIpc) is 3.52. The highest BCUT2D eigenvalue weighted by Crippen LogP contribution is 2.41. The molecular weight excluding hydrogens is 382 g/mol. The number of hydrogen-bond acceptors (Lipinski definition) is 5. The highest BCUT2D eigenvalue weighted by molar-refractivity contribution is 8.00. The van der Waals surface area contributed by atoms with Crippen molar-refractivity contribution in [1.29, 1.82) is 0 Å². The predicted molar refractivity (Wildman–Crippen MR) is 115 cm³/mol. The van der Waals surface area contributed by atoms with Crippen molar-refractivity contribution in [2.24, 2.45) is 0 Å². The van der Waals surface area contributed by atoms with Crippen LogP contribution in [0.2, 0.25) is 0 Å². The van der Waals surface area contributed by atoms with Crippen molar-refractivity contribution in [1.82, 2.24) is 25.1 Å². The zero-order chi connectivity index (χ0) is 20.2. The van der Waals surface area contributed by atoms with Crippen LogP contribution in [0.25, 0.3) is 11.4 Å². The number of amides is 1. The van der Waals surface area contributed by atoms with Crippen LogP contribution in [0, 0.1) is 0 Å². The summed E-state index contributed by atoms with van der Waals surface area (Å²) in [6.45, 7) is 4.66. The number of aromatic nitrogens is 4. The van der Waals surface area contributed by atoms with Crippen LogP contribution in [0.4, 0.5) is 0 Å². The maximum Gasteiger partial charge on any atom is 0.233 e. The van der Waals surface area contributed by atoms with Gasteiger partial charge in [-0.1, -0.05) is 49.0 Å². The number of carbonyl (C=O) groups is 1. The van der Waals surface area contributed by atoms with Crippen molar-refractivity contribution < 1.29 is 4.79 Å². The summed E-state index contributed by atoms with van der Waals surface area (Å²) >= 11 is 1.47. The Hall–Kier alpha value is -2.67. The highest BCUT2D eigenvalue weighted by Gasteiger charge is 2.31. The van der Waals surface area contributed by atoms with E-state index in [0.717, 1.165) is 29.4 Å². The van der Waals surface area contributed by atoms with Gasteiger partial charge in [0.25, 0.3) is 0 Å². The van der Waals surface area contributed by atoms with E-state index in [1.807, 2.05) is 37.3 Å². The minimum atomic E-state index is -0.249. The first-order chi connectivity index (χ1) is 14.1. The monoisotopic (exact) mass is 407 g/mol. The quantitative estimate of drug-likeness (QED) is 0.570. The van der Waals surface area contributed by atoms with Gasteiger partial charge in [0.05, 0.1) is 5.25 Å². The molecule has 2 aromatic heterocycles. The van der Waals surface area contributed by atoms with E-state index >= 15 is 0 Å². The predicted octanol–water partition coefficient (Wildman–Crippen LogP) is 4.08. The van der Waals surface area contributed by atoms with E-state index in [4.69, 9.17) is 0 Å². The molecule has 2 heterocycles. The SMILES string of the molecule is C[C@H](Sc1nnc(-c2cccnc2)n1C1CC1)C(=O)NC[C@@H](C)c1ccccc1. The summed E-state index contributed by atoms with van der Waals surface area (Å²) in [6.07, 6.45) is 5.79. The molecule has 2 atom stereocenters. The standard InChI is InChI=1S/C22H25N5OS/c1-15(17-7-4-3-5-8-17)13-24-21(28)16(2)29-22-26-25-20(27(22)19-10-11-19)18-9-6-12-23-14-18/h3-9,12,14-16,19H,10-11,13H2,1-2H3,(H,24,28)/t15-,16+/m1/s1. The molecule has 1 saturated carbocycles. The summed E-state index contributed by atoms with van der Waals surface area (Å²) in [5.74, 6) is 1.11. The third kappa shape index (κ3) is 4.67. The van der Waals surface area contributed by atoms with Crippen LogP contribution in [0.15, 0.2) is 60.0 Å². The molecular formula is C22H25N5OS. The smallest absolute Gasteiger partial charge is 0.233 e. The Bertz CT molecular complexity index is 956. The molecule has 1 amide bonds. The summed E-state index contributed by atoms with van der Waals surface area (Å²) in [5, 5.41) is 12.4. The van der Waals surface area contributed by atoms with Crippen molar-refractivity contribution in [2.75, 3.05) is 6.54 Å². The number of nitrogens with zero attached hydrogens (tertiary/aromatic N) is 4. The summed E-state index contributed by atoms with van der Waals surface area (Å²) in [7, 11) is 0. The van der Waals surface area contributed by atoms with E-state index in [2.05, 4.69) is 44.1 Å². The van der Waals surface area contributed by atoms with Gasteiger partial charge in [-0.3, -0.25) is 14.3 Å². The number of hydrogen-bond donors (Lipinski definition) is 1. The van der Waals surface area contributed by atoms with Crippen LogP contribution in [-0.2, 0) is 4.79 Å². The first-order valence-electron chi connectivity index (χ1n) is 9.98. The van der Waals surface area contributed by atoms with E-state index in [-0.39, 0.29) is 17.1 Å². The van der Waals surface area contributed by atoms with Gasteiger partial charge in [-0.05, 0) is 43.4 Å². The molecule has 150 valence electrons. The Morgan fingerprint density at radius 2 is 1.97 bits per heavy atom. The lowest BCUT2D eigenvalue weighted by atomic mass is 10.0. The van der Waals surface area contributed by atoms with Gasteiger partial charge < -0.3 is 5.32 Å². The van der Waals surface area contributed by atoms with E-state index < -0.39 is 0 Å². The van der Waals surface area contributed by atoms with Crippen molar-refractivity contribution in [3.05, 3.63) is 60.4 Å². The van der Waals surface area contributed by atoms with Crippen LogP contribution >= 0.6 is 11.8 Å². The molecule has 0 unspecified atom stereocenters. The summed E-state index contributed by atoms with van der Waals surface area (Å²) < 4.78 is 2.16. The second-order valence-corrected chi connectivity index (χ2v) is 8.77. The molecule has 0 spiro atoms. The van der Waals surface area contributed by atoms with Gasteiger partial charge in [-0.25, -0.2) is 0 Å². The topological polar surface area (TPSA) is 72.7 Å². The number of pyridine rings is 1. The lowest BCUT2D eigenvalue weighted by Gasteiger charge is -2.16. The molecule has 1 aromatic carbocycles. The van der Waals surface area contributed by atoms with Crippen LogP contribution < -0.4 is 5.32 Å². The summed E-state index contributed by atoms with van der Waals surface area (Å²) in [4.78, 5) is 16.9. The Morgan fingerprint density at radius 3 is 2.66 bits per heavy atom. The lowest BCUT2D eigenvalue weighted by molar-refractivity contribution is -0.120. The third-order valence-corrected chi connectivity index (χ3v) is 6.16. The minimum Gasteiger partial charge on any atom is -0.355 e.